The summed E-state index contributed by atoms with van der Waals surface area (Å²) in [5, 5.41) is 10.3. The fourth-order valence-corrected chi connectivity index (χ4v) is 6.96. The number of carbonyl (C=O) groups excluding carboxylic acids is 1. The Hall–Kier alpha value is -3.82. The number of hydrogen-bond donors (Lipinski definition) is 2. The fourth-order valence-electron chi connectivity index (χ4n) is 6.96. The molecular weight excluding hydrogens is 490 g/mol. The number of aliphatic hydroxyl groups excluding tert-OH is 1. The van der Waals surface area contributed by atoms with Crippen molar-refractivity contribution in [3.8, 4) is 0 Å². The lowest BCUT2D eigenvalue weighted by Gasteiger charge is -2.43. The number of aliphatic imine (C=N–C) groups is 1. The molecule has 1 fully saturated rings. The minimum atomic E-state index is -0.190. The van der Waals surface area contributed by atoms with Crippen LogP contribution < -0.4 is 20.4 Å². The lowest BCUT2D eigenvalue weighted by atomic mass is 9.73. The largest absolute Gasteiger partial charge is 0.390 e. The van der Waals surface area contributed by atoms with Crippen LogP contribution in [0.3, 0.4) is 0 Å². The zero-order valence-corrected chi connectivity index (χ0v) is 22.2. The maximum absolute atomic E-state index is 12.2. The Morgan fingerprint density at radius 3 is 2.51 bits per heavy atom. The summed E-state index contributed by atoms with van der Waals surface area (Å²) in [6.45, 7) is 4.70. The van der Waals surface area contributed by atoms with E-state index in [4.69, 9.17) is 20.7 Å². The molecule has 4 aliphatic rings. The number of nitrogens with zero attached hydrogens (tertiary/aromatic N) is 6. The third-order valence-corrected chi connectivity index (χ3v) is 9.06. The standard InChI is InChI=1S/C30H33N7O2/c1-19(39)36-14-15-37(25-9-5-4-8-24(25)36)29-26-22(17-32-29)34-28(23(18-38)33-26)35-12-10-30(11-13-35)16-20-6-2-3-7-21(20)27(30)31/h2-9,27,38H,10-18,31H2,1H3/t27-/m1/s1. The Kier molecular flexibility index (Phi) is 5.68. The normalized spacial score (nSPS) is 21.1. The van der Waals surface area contributed by atoms with Crippen molar-refractivity contribution < 1.29 is 9.90 Å². The average molecular weight is 524 g/mol. The van der Waals surface area contributed by atoms with Crippen molar-refractivity contribution in [3.63, 3.8) is 0 Å². The van der Waals surface area contributed by atoms with Gasteiger partial charge in [-0.05, 0) is 47.9 Å². The van der Waals surface area contributed by atoms with Crippen molar-refractivity contribution in [3.05, 3.63) is 76.7 Å². The molecule has 7 rings (SSSR count). The number of nitrogens with two attached hydrogens (primary N) is 1. The Balaban J connectivity index is 1.15. The maximum atomic E-state index is 12.2. The van der Waals surface area contributed by atoms with Gasteiger partial charge in [-0.15, -0.1) is 0 Å². The summed E-state index contributed by atoms with van der Waals surface area (Å²) in [4.78, 5) is 33.2. The van der Waals surface area contributed by atoms with Gasteiger partial charge in [0.05, 0.1) is 30.2 Å². The monoisotopic (exact) mass is 523 g/mol. The van der Waals surface area contributed by atoms with Gasteiger partial charge in [-0.2, -0.15) is 0 Å². The van der Waals surface area contributed by atoms with E-state index in [0.717, 1.165) is 66.8 Å². The molecule has 200 valence electrons. The highest BCUT2D eigenvalue weighted by Crippen LogP contribution is 2.51. The van der Waals surface area contributed by atoms with Gasteiger partial charge in [0.1, 0.15) is 11.4 Å². The molecule has 9 heteroatoms. The topological polar surface area (TPSA) is 111 Å². The quantitative estimate of drug-likeness (QED) is 0.531. The average Bonchev–Trinajstić information content (AvgIpc) is 3.50. The molecule has 4 heterocycles. The highest BCUT2D eigenvalue weighted by atomic mass is 16.3. The first-order valence-corrected chi connectivity index (χ1v) is 13.8. The second-order valence-electron chi connectivity index (χ2n) is 11.1. The number of anilines is 3. The van der Waals surface area contributed by atoms with Crippen LogP contribution >= 0.6 is 0 Å². The Morgan fingerprint density at radius 1 is 1.03 bits per heavy atom. The summed E-state index contributed by atoms with van der Waals surface area (Å²) in [6.07, 6.45) is 2.98. The molecule has 1 spiro atoms. The summed E-state index contributed by atoms with van der Waals surface area (Å²) >= 11 is 0. The number of fused-ring (bicyclic) bond motifs is 3. The highest BCUT2D eigenvalue weighted by molar-refractivity contribution is 6.14. The van der Waals surface area contributed by atoms with Crippen LogP contribution in [0.2, 0.25) is 0 Å². The summed E-state index contributed by atoms with van der Waals surface area (Å²) in [5.41, 5.74) is 13.5. The first-order chi connectivity index (χ1) is 19.0. The van der Waals surface area contributed by atoms with Crippen molar-refractivity contribution in [2.24, 2.45) is 16.1 Å². The molecule has 1 atom stereocenters. The van der Waals surface area contributed by atoms with Crippen molar-refractivity contribution >= 4 is 28.9 Å². The van der Waals surface area contributed by atoms with Gasteiger partial charge in [-0.3, -0.25) is 9.79 Å². The molecule has 0 saturated carbocycles. The van der Waals surface area contributed by atoms with Gasteiger partial charge in [-0.1, -0.05) is 36.4 Å². The van der Waals surface area contributed by atoms with E-state index in [1.807, 2.05) is 24.3 Å². The lowest BCUT2D eigenvalue weighted by Crippen LogP contribution is -2.46. The smallest absolute Gasteiger partial charge is 0.223 e. The molecule has 1 aromatic heterocycles. The Morgan fingerprint density at radius 2 is 1.77 bits per heavy atom. The number of aliphatic hydroxyl groups is 1. The second-order valence-corrected chi connectivity index (χ2v) is 11.1. The SMILES string of the molecule is CC(=O)N1CCN(C2=NCc3nc(N4CCC5(CC4)Cc4ccccc4[C@H]5N)c(CO)nc32)c2ccccc21. The summed E-state index contributed by atoms with van der Waals surface area (Å²) in [6, 6.07) is 16.5. The minimum Gasteiger partial charge on any atom is -0.390 e. The second kappa shape index (κ2) is 9.14. The van der Waals surface area contributed by atoms with Crippen LogP contribution in [0.15, 0.2) is 53.5 Å². The summed E-state index contributed by atoms with van der Waals surface area (Å²) in [5.74, 6) is 1.53. The van der Waals surface area contributed by atoms with Crippen LogP contribution in [0.4, 0.5) is 17.2 Å². The molecular formula is C30H33N7O2. The molecule has 2 aromatic carbocycles. The molecule has 3 aliphatic heterocycles. The van der Waals surface area contributed by atoms with E-state index in [1.54, 1.807) is 11.8 Å². The molecule has 1 amide bonds. The van der Waals surface area contributed by atoms with E-state index in [-0.39, 0.29) is 24.0 Å². The molecule has 39 heavy (non-hydrogen) atoms. The third-order valence-electron chi connectivity index (χ3n) is 9.06. The summed E-state index contributed by atoms with van der Waals surface area (Å²) < 4.78 is 0. The Bertz CT molecular complexity index is 1490. The molecule has 0 bridgehead atoms. The fraction of sp³-hybridized carbons (Fsp3) is 0.400. The van der Waals surface area contributed by atoms with Gasteiger partial charge in [0.2, 0.25) is 5.91 Å². The number of amidine groups is 1. The van der Waals surface area contributed by atoms with E-state index >= 15 is 0 Å². The van der Waals surface area contributed by atoms with E-state index in [0.29, 0.717) is 25.3 Å². The highest BCUT2D eigenvalue weighted by Gasteiger charge is 2.46. The van der Waals surface area contributed by atoms with Crippen LogP contribution in [0.5, 0.6) is 0 Å². The van der Waals surface area contributed by atoms with Crippen LogP contribution in [0.1, 0.15) is 54.0 Å². The van der Waals surface area contributed by atoms with Crippen LogP contribution in [0, 0.1) is 5.41 Å². The number of amides is 1. The van der Waals surface area contributed by atoms with Crippen LogP contribution in [-0.4, -0.2) is 53.0 Å². The van der Waals surface area contributed by atoms with Gasteiger partial charge in [0.25, 0.3) is 0 Å². The first kappa shape index (κ1) is 24.2. The molecule has 0 radical (unpaired) electrons. The predicted octanol–water partition coefficient (Wildman–Crippen LogP) is 2.94. The molecule has 3 N–H and O–H groups in total. The van der Waals surface area contributed by atoms with E-state index in [2.05, 4.69) is 34.1 Å². The van der Waals surface area contributed by atoms with Gasteiger partial charge in [0, 0.05) is 39.1 Å². The van der Waals surface area contributed by atoms with Gasteiger partial charge in [0.15, 0.2) is 11.7 Å². The number of aromatic nitrogens is 2. The molecule has 0 unspecified atom stereocenters. The number of carbonyl (C=O) groups is 1. The number of hydrogen-bond acceptors (Lipinski definition) is 8. The molecule has 1 saturated heterocycles. The van der Waals surface area contributed by atoms with Crippen molar-refractivity contribution in [2.75, 3.05) is 40.9 Å². The number of piperidine rings is 1. The van der Waals surface area contributed by atoms with Gasteiger partial charge >= 0.3 is 0 Å². The van der Waals surface area contributed by atoms with Crippen LogP contribution in [-0.2, 0) is 24.4 Å². The zero-order chi connectivity index (χ0) is 26.7. The van der Waals surface area contributed by atoms with Crippen LogP contribution in [0.25, 0.3) is 0 Å². The number of rotatable bonds is 2. The number of benzene rings is 2. The van der Waals surface area contributed by atoms with E-state index in [9.17, 15) is 9.90 Å². The lowest BCUT2D eigenvalue weighted by molar-refractivity contribution is -0.116. The summed E-state index contributed by atoms with van der Waals surface area (Å²) in [7, 11) is 0. The van der Waals surface area contributed by atoms with Crippen molar-refractivity contribution in [1.29, 1.82) is 0 Å². The molecule has 3 aromatic rings. The first-order valence-electron chi connectivity index (χ1n) is 13.8. The van der Waals surface area contributed by atoms with E-state index in [1.165, 1.54) is 11.1 Å². The van der Waals surface area contributed by atoms with Crippen molar-refractivity contribution in [1.82, 2.24) is 9.97 Å². The predicted molar refractivity (Wildman–Crippen MR) is 151 cm³/mol. The van der Waals surface area contributed by atoms with E-state index < -0.39 is 0 Å². The Labute approximate surface area is 228 Å². The third kappa shape index (κ3) is 3.75. The van der Waals surface area contributed by atoms with Gasteiger partial charge in [-0.25, -0.2) is 9.97 Å². The van der Waals surface area contributed by atoms with Crippen molar-refractivity contribution in [2.45, 2.75) is 45.4 Å². The molecule has 9 nitrogen and oxygen atoms in total. The number of para-hydroxylation sites is 2. The minimum absolute atomic E-state index is 0.0219. The van der Waals surface area contributed by atoms with Gasteiger partial charge < -0.3 is 25.5 Å². The molecule has 1 aliphatic carbocycles. The zero-order valence-electron chi connectivity index (χ0n) is 22.2. The maximum Gasteiger partial charge on any atom is 0.223 e.